The van der Waals surface area contributed by atoms with Gasteiger partial charge in [0.2, 0.25) is 0 Å². The Kier molecular flexibility index (Phi) is 36.7. The van der Waals surface area contributed by atoms with E-state index >= 15 is 0 Å². The fraction of sp³-hybridized carbons (Fsp3) is 0.793. The van der Waals surface area contributed by atoms with Crippen LogP contribution in [0.1, 0.15) is 256 Å². The van der Waals surface area contributed by atoms with Crippen LogP contribution in [0, 0.1) is 105 Å². The Hall–Kier alpha value is -4.26. The zero-order valence-electron chi connectivity index (χ0n) is 63.7. The fourth-order valence-corrected chi connectivity index (χ4v) is 22.1. The Morgan fingerprint density at radius 1 is 0.549 bits per heavy atom. The lowest BCUT2D eigenvalue weighted by Crippen LogP contribution is -2.60. The third kappa shape index (κ3) is 22.2. The smallest absolute Gasteiger partial charge is 0.338 e. The van der Waals surface area contributed by atoms with E-state index in [4.69, 9.17) is 26.5 Å². The van der Waals surface area contributed by atoms with E-state index in [1.54, 1.807) is 0 Å². The number of benzene rings is 2. The van der Waals surface area contributed by atoms with Gasteiger partial charge in [-0.3, -0.25) is 14.4 Å². The molecule has 0 heterocycles. The Balaban J connectivity index is 0.000000312. The summed E-state index contributed by atoms with van der Waals surface area (Å²) >= 11 is 0. The molecule has 573 valence electrons. The molecule has 9 N–H and O–H groups in total. The maximum Gasteiger partial charge on any atom is 0.338 e. The van der Waals surface area contributed by atoms with Crippen LogP contribution in [0.3, 0.4) is 0 Å². The van der Waals surface area contributed by atoms with Gasteiger partial charge in [-0.05, 0) is 298 Å². The summed E-state index contributed by atoms with van der Waals surface area (Å²) < 4.78 is 13.1. The number of carbonyl (C=O) groups is 5. The number of Topliss-reactive ketones (excluding diaryl/α,β-unsaturated/α-hetero) is 1. The number of ether oxygens (including phenoxy) is 2. The van der Waals surface area contributed by atoms with E-state index in [1.807, 2.05) is 74.5 Å². The number of carboxylic acid groups (broad SMARTS) is 2. The molecule has 8 aliphatic carbocycles. The average molecular weight is 1460 g/mol. The summed E-state index contributed by atoms with van der Waals surface area (Å²) in [7, 11) is 0. The summed E-state index contributed by atoms with van der Waals surface area (Å²) in [5, 5.41) is 32.8. The van der Waals surface area contributed by atoms with Crippen LogP contribution in [0.25, 0.3) is 10.4 Å². The van der Waals surface area contributed by atoms with Gasteiger partial charge >= 0.3 is 23.9 Å². The number of hydrogen-bond acceptors (Lipinski definition) is 13. The van der Waals surface area contributed by atoms with Gasteiger partial charge in [0.15, 0.2) is 0 Å². The summed E-state index contributed by atoms with van der Waals surface area (Å²) in [4.78, 5) is 64.9. The molecule has 0 bridgehead atoms. The highest BCUT2D eigenvalue weighted by atomic mass is 35.5. The average Bonchev–Trinajstić information content (AvgIpc) is 1.34. The van der Waals surface area contributed by atoms with Crippen LogP contribution in [0.15, 0.2) is 65.8 Å². The van der Waals surface area contributed by atoms with Gasteiger partial charge in [-0.15, -0.1) is 24.8 Å². The number of nitrogens with one attached hydrogen (secondary N) is 3. The van der Waals surface area contributed by atoms with Crippen molar-refractivity contribution in [2.75, 3.05) is 52.4 Å². The van der Waals surface area contributed by atoms with E-state index in [2.05, 4.69) is 67.5 Å². The van der Waals surface area contributed by atoms with Gasteiger partial charge in [-0.2, -0.15) is 0 Å². The maximum absolute atomic E-state index is 13.7. The summed E-state index contributed by atoms with van der Waals surface area (Å²) in [6, 6.07) is 19.5. The summed E-state index contributed by atoms with van der Waals surface area (Å²) in [6.07, 6.45) is 29.4. The Morgan fingerprint density at radius 2 is 0.990 bits per heavy atom. The van der Waals surface area contributed by atoms with Crippen LogP contribution in [-0.2, 0) is 23.9 Å². The molecular formula is C82H134BCl2N8O9. The van der Waals surface area contributed by atoms with Gasteiger partial charge in [0.1, 0.15) is 18.0 Å². The van der Waals surface area contributed by atoms with Gasteiger partial charge < -0.3 is 47.1 Å². The lowest BCUT2D eigenvalue weighted by atomic mass is 9.43. The molecule has 8 saturated carbocycles. The minimum Gasteiger partial charge on any atom is -0.481 e. The standard InChI is InChI=1S/C41H67N3O4.C34H48O5.C7H17N5.B.2ClH/c1-28(12-10-13-29(2)38(45)46)33-16-17-34-37-35(19-21-41(33,34)4)40(3)20-18-32(44-25-11-24-43-23-9-8-22-42)26-31(40)27-36(37)48-39(47)30-14-6-5-7-15-30;1-21(9-8-10-22(2)31(36)37)26-13-14-27-30-28(16-18-34(26,27)4)33(3)17-15-25(35)19-24(33)20-29(30)39-32(38)23-11-6-5-7-12-23;8-4-3-6-10-5-1-2-7-11-12-9;;;/h5-7,14-15,28-29,31-37,43-44H,8-13,16-27,42H2,1-4H3,(H,45,46);5-7,11-12,21-22,24,26-30H,8-10,13-20H2,1-4H3,(H,36,37);10H,1-8H2;;2*1H/t28-,29?,31-,32+,33-,34?,35?,36-,37?,40+,41-;21-,22?,24-,26-,27?,28?,29-,30?,33+,34-;;;;/m11..../s1. The van der Waals surface area contributed by atoms with Crippen LogP contribution < -0.4 is 27.4 Å². The number of azide groups is 1. The summed E-state index contributed by atoms with van der Waals surface area (Å²) in [6.45, 7) is 25.8. The minimum absolute atomic E-state index is 0. The second-order valence-electron chi connectivity index (χ2n) is 33.7. The number of unbranched alkanes of at least 4 members (excludes halogenated alkanes) is 2. The molecule has 0 spiro atoms. The van der Waals surface area contributed by atoms with Crippen molar-refractivity contribution in [2.24, 2.45) is 121 Å². The fourth-order valence-electron chi connectivity index (χ4n) is 22.1. The number of esters is 2. The largest absolute Gasteiger partial charge is 0.481 e. The molecule has 0 amide bonds. The number of nitrogens with two attached hydrogens (primary N) is 2. The third-order valence-corrected chi connectivity index (χ3v) is 27.9. The topological polar surface area (TPSA) is 281 Å². The van der Waals surface area contributed by atoms with Crippen molar-refractivity contribution < 1.29 is 43.7 Å². The first kappa shape index (κ1) is 88.4. The number of ketones is 1. The van der Waals surface area contributed by atoms with Crippen molar-refractivity contribution in [1.29, 1.82) is 0 Å². The highest BCUT2D eigenvalue weighted by molar-refractivity contribution is 5.90. The van der Waals surface area contributed by atoms with Crippen molar-refractivity contribution in [3.05, 3.63) is 82.2 Å². The SMILES string of the molecule is CC(CCC[C@@H](C)[C@H]1CCC2C3C(CC[C@@]21C)[C@@]1(C)CCC(=O)C[C@@H]1C[C@H]3OC(=O)c1ccccc1)C(=O)O.CC(CCC[C@@H](C)[C@H]1CCC2C3C(CC[C@@]21C)[C@@]1(C)CC[C@H](NCCCNCCCCN)C[C@@H]1C[C@H]3OC(=O)c1ccccc1)C(=O)O.Cl.Cl.[B].[N-]=[N+]=NCCCCNCCCN. The first-order valence-corrected chi connectivity index (χ1v) is 39.6. The predicted octanol–water partition coefficient (Wildman–Crippen LogP) is 16.7. The molecule has 2 aromatic carbocycles. The normalized spacial score (nSPS) is 32.8. The van der Waals surface area contributed by atoms with E-state index in [1.165, 1.54) is 64.2 Å². The number of carbonyl (C=O) groups excluding carboxylic acids is 3. The molecule has 20 heteroatoms. The van der Waals surface area contributed by atoms with Crippen LogP contribution in [0.4, 0.5) is 0 Å². The predicted molar refractivity (Wildman–Crippen MR) is 415 cm³/mol. The van der Waals surface area contributed by atoms with E-state index in [0.717, 1.165) is 149 Å². The van der Waals surface area contributed by atoms with Crippen molar-refractivity contribution in [1.82, 2.24) is 16.0 Å². The molecule has 8 aliphatic rings. The minimum atomic E-state index is -0.696. The number of aliphatic carboxylic acids is 2. The van der Waals surface area contributed by atoms with Crippen LogP contribution in [0.2, 0.25) is 0 Å². The monoisotopic (exact) mass is 1460 g/mol. The van der Waals surface area contributed by atoms with E-state index in [-0.39, 0.29) is 85.5 Å². The van der Waals surface area contributed by atoms with Gasteiger partial charge in [-0.1, -0.05) is 123 Å². The number of carboxylic acids is 2. The second-order valence-corrected chi connectivity index (χ2v) is 33.7. The molecule has 8 fully saturated rings. The zero-order chi connectivity index (χ0) is 71.3. The number of nitrogens with zero attached hydrogens (tertiary/aromatic N) is 3. The summed E-state index contributed by atoms with van der Waals surface area (Å²) in [5.74, 6) is 4.25. The van der Waals surface area contributed by atoms with E-state index in [0.29, 0.717) is 119 Å². The van der Waals surface area contributed by atoms with Gasteiger partial charge in [0.05, 0.1) is 23.0 Å². The van der Waals surface area contributed by atoms with Crippen molar-refractivity contribution in [3.8, 4) is 0 Å². The Labute approximate surface area is 628 Å². The Morgan fingerprint density at radius 3 is 1.47 bits per heavy atom. The lowest BCUT2D eigenvalue weighted by molar-refractivity contribution is -0.170. The van der Waals surface area contributed by atoms with Crippen molar-refractivity contribution in [3.63, 3.8) is 0 Å². The molecule has 0 saturated heterocycles. The van der Waals surface area contributed by atoms with Gasteiger partial charge in [-0.25, -0.2) is 9.59 Å². The number of hydrogen-bond donors (Lipinski definition) is 7. The van der Waals surface area contributed by atoms with Gasteiger partial charge in [0.25, 0.3) is 0 Å². The molecule has 17 nitrogen and oxygen atoms in total. The summed E-state index contributed by atoms with van der Waals surface area (Å²) in [5.41, 5.74) is 21.1. The van der Waals surface area contributed by atoms with E-state index in [9.17, 15) is 34.2 Å². The molecule has 3 radical (unpaired) electrons. The molecular weight excluding hydrogens is 1320 g/mol. The number of halogens is 2. The second kappa shape index (κ2) is 42.3. The van der Waals surface area contributed by atoms with Crippen LogP contribution in [0.5, 0.6) is 0 Å². The third-order valence-electron chi connectivity index (χ3n) is 27.9. The zero-order valence-corrected chi connectivity index (χ0v) is 65.3. The van der Waals surface area contributed by atoms with Crippen LogP contribution in [-0.4, -0.2) is 119 Å². The highest BCUT2D eigenvalue weighted by Crippen LogP contribution is 2.71. The first-order valence-electron chi connectivity index (χ1n) is 39.6. The lowest BCUT2D eigenvalue weighted by Gasteiger charge is -2.63. The van der Waals surface area contributed by atoms with E-state index < -0.39 is 11.9 Å². The maximum atomic E-state index is 13.7. The number of fused-ring (bicyclic) bond motifs is 10. The molecule has 102 heavy (non-hydrogen) atoms. The molecule has 0 aliphatic heterocycles. The van der Waals surface area contributed by atoms with Crippen LogP contribution >= 0.6 is 24.8 Å². The molecule has 2 aromatic rings. The quantitative estimate of drug-likeness (QED) is 0.00874. The van der Waals surface area contributed by atoms with Gasteiger partial charge in [0, 0.05) is 50.6 Å². The molecule has 10 rings (SSSR count). The van der Waals surface area contributed by atoms with Crippen molar-refractivity contribution in [2.45, 2.75) is 253 Å². The first-order chi connectivity index (χ1) is 47.5. The molecule has 0 aromatic heterocycles. The highest BCUT2D eigenvalue weighted by Gasteiger charge is 2.66. The molecule has 8 unspecified atom stereocenters. The number of rotatable bonds is 33. The molecule has 21 atom stereocenters. The van der Waals surface area contributed by atoms with Crippen molar-refractivity contribution >= 4 is 62.9 Å². The Bertz CT molecular complexity index is 2920.